The Morgan fingerprint density at radius 3 is 3.06 bits per heavy atom. The van der Waals surface area contributed by atoms with Crippen LogP contribution in [0.15, 0.2) is 16.9 Å². The normalized spacial score (nSPS) is 12.4. The first-order valence-corrected chi connectivity index (χ1v) is 5.33. The number of nitrogens with one attached hydrogen (secondary N) is 2. The molecule has 0 aromatic carbocycles. The Labute approximate surface area is 97.6 Å². The van der Waals surface area contributed by atoms with Crippen molar-refractivity contribution < 1.29 is 9.32 Å². The lowest BCUT2D eigenvalue weighted by atomic mass is 10.3. The molecule has 2 N–H and O–H groups in total. The second kappa shape index (κ2) is 4.77. The number of carbonyl (C=O) groups excluding carboxylic acids is 1. The molecule has 0 spiro atoms. The monoisotopic (exact) mass is 235 g/mol. The van der Waals surface area contributed by atoms with Crippen molar-refractivity contribution in [2.24, 2.45) is 0 Å². The van der Waals surface area contributed by atoms with E-state index in [4.69, 9.17) is 4.52 Å². The first kappa shape index (κ1) is 11.3. The molecule has 0 radical (unpaired) electrons. The molecule has 7 nitrogen and oxygen atoms in total. The van der Waals surface area contributed by atoms with Gasteiger partial charge in [-0.2, -0.15) is 4.98 Å². The van der Waals surface area contributed by atoms with E-state index in [0.29, 0.717) is 18.1 Å². The molecule has 0 saturated heterocycles. The van der Waals surface area contributed by atoms with Gasteiger partial charge in [-0.1, -0.05) is 12.1 Å². The second-order valence-corrected chi connectivity index (χ2v) is 3.54. The number of imidazole rings is 1. The lowest BCUT2D eigenvalue weighted by molar-refractivity contribution is 0.0894. The van der Waals surface area contributed by atoms with E-state index in [0.717, 1.165) is 0 Å². The number of amides is 1. The molecule has 0 unspecified atom stereocenters. The summed E-state index contributed by atoms with van der Waals surface area (Å²) in [5, 5.41) is 6.36. The fraction of sp³-hybridized carbons (Fsp3) is 0.400. The van der Waals surface area contributed by atoms with Crippen LogP contribution in [0.5, 0.6) is 0 Å². The highest BCUT2D eigenvalue weighted by Crippen LogP contribution is 2.07. The maximum Gasteiger partial charge on any atom is 0.315 e. The fourth-order valence-electron chi connectivity index (χ4n) is 1.33. The average molecular weight is 235 g/mol. The van der Waals surface area contributed by atoms with E-state index in [2.05, 4.69) is 25.4 Å². The zero-order valence-electron chi connectivity index (χ0n) is 9.60. The van der Waals surface area contributed by atoms with Crippen LogP contribution < -0.4 is 5.32 Å². The first-order valence-electron chi connectivity index (χ1n) is 5.33. The van der Waals surface area contributed by atoms with E-state index in [9.17, 15) is 4.79 Å². The predicted octanol–water partition coefficient (Wildman–Crippen LogP) is 0.846. The van der Waals surface area contributed by atoms with Crippen LogP contribution >= 0.6 is 0 Å². The minimum atomic E-state index is -0.402. The van der Waals surface area contributed by atoms with Crippen molar-refractivity contribution in [2.45, 2.75) is 26.3 Å². The molecular formula is C10H13N5O2. The lowest BCUT2D eigenvalue weighted by Gasteiger charge is -2.08. The van der Waals surface area contributed by atoms with Gasteiger partial charge in [0.05, 0.1) is 6.04 Å². The van der Waals surface area contributed by atoms with Gasteiger partial charge >= 0.3 is 11.8 Å². The molecule has 2 aromatic heterocycles. The van der Waals surface area contributed by atoms with Crippen molar-refractivity contribution in [1.29, 1.82) is 0 Å². The van der Waals surface area contributed by atoms with E-state index < -0.39 is 5.91 Å². The van der Waals surface area contributed by atoms with Crippen molar-refractivity contribution in [3.05, 3.63) is 29.9 Å². The van der Waals surface area contributed by atoms with Crippen molar-refractivity contribution in [3.8, 4) is 0 Å². The number of aryl methyl sites for hydroxylation is 1. The van der Waals surface area contributed by atoms with E-state index in [1.54, 1.807) is 12.4 Å². The van der Waals surface area contributed by atoms with E-state index in [-0.39, 0.29) is 11.9 Å². The average Bonchev–Trinajstić information content (AvgIpc) is 3.00. The van der Waals surface area contributed by atoms with Crippen molar-refractivity contribution in [1.82, 2.24) is 25.4 Å². The zero-order valence-corrected chi connectivity index (χ0v) is 9.60. The Morgan fingerprint density at radius 2 is 2.47 bits per heavy atom. The molecule has 1 atom stereocenters. The topological polar surface area (TPSA) is 96.7 Å². The largest absolute Gasteiger partial charge is 0.347 e. The predicted molar refractivity (Wildman–Crippen MR) is 58.1 cm³/mol. The van der Waals surface area contributed by atoms with Crippen molar-refractivity contribution >= 4 is 5.91 Å². The summed E-state index contributed by atoms with van der Waals surface area (Å²) in [5.74, 6) is 0.760. The molecule has 0 saturated carbocycles. The summed E-state index contributed by atoms with van der Waals surface area (Å²) >= 11 is 0. The third kappa shape index (κ3) is 2.49. The van der Waals surface area contributed by atoms with Crippen molar-refractivity contribution in [2.75, 3.05) is 0 Å². The van der Waals surface area contributed by atoms with Crippen LogP contribution in [0.3, 0.4) is 0 Å². The Morgan fingerprint density at radius 1 is 1.65 bits per heavy atom. The molecule has 90 valence electrons. The zero-order chi connectivity index (χ0) is 12.3. The molecule has 0 bridgehead atoms. The molecule has 2 rings (SSSR count). The highest BCUT2D eigenvalue weighted by atomic mass is 16.5. The molecule has 0 fully saturated rings. The minimum absolute atomic E-state index is 0.0275. The highest BCUT2D eigenvalue weighted by Gasteiger charge is 2.18. The molecule has 7 heteroatoms. The minimum Gasteiger partial charge on any atom is -0.347 e. The second-order valence-electron chi connectivity index (χ2n) is 3.54. The van der Waals surface area contributed by atoms with Gasteiger partial charge in [-0.25, -0.2) is 4.98 Å². The fourth-order valence-corrected chi connectivity index (χ4v) is 1.33. The molecule has 17 heavy (non-hydrogen) atoms. The van der Waals surface area contributed by atoms with Crippen LogP contribution in [0.1, 0.15) is 42.2 Å². The summed E-state index contributed by atoms with van der Waals surface area (Å²) in [6.45, 7) is 3.70. The van der Waals surface area contributed by atoms with Gasteiger partial charge in [-0.15, -0.1) is 0 Å². The summed E-state index contributed by atoms with van der Waals surface area (Å²) in [6, 6.07) is -0.241. The summed E-state index contributed by atoms with van der Waals surface area (Å²) < 4.78 is 4.83. The maximum absolute atomic E-state index is 11.7. The van der Waals surface area contributed by atoms with E-state index in [1.165, 1.54) is 0 Å². The van der Waals surface area contributed by atoms with Gasteiger partial charge < -0.3 is 14.8 Å². The van der Waals surface area contributed by atoms with Gasteiger partial charge in [0, 0.05) is 18.8 Å². The molecule has 0 aliphatic carbocycles. The van der Waals surface area contributed by atoms with E-state index in [1.807, 2.05) is 13.8 Å². The number of aromatic amines is 1. The Kier molecular flexibility index (Phi) is 3.17. The van der Waals surface area contributed by atoms with Gasteiger partial charge in [0.1, 0.15) is 5.82 Å². The maximum atomic E-state index is 11.7. The van der Waals surface area contributed by atoms with Crippen LogP contribution in [0.4, 0.5) is 0 Å². The number of hydrogen-bond donors (Lipinski definition) is 2. The molecule has 2 aromatic rings. The molecule has 2 heterocycles. The quantitative estimate of drug-likeness (QED) is 0.818. The third-order valence-electron chi connectivity index (χ3n) is 2.26. The number of nitrogens with zero attached hydrogens (tertiary/aromatic N) is 3. The summed E-state index contributed by atoms with van der Waals surface area (Å²) in [6.07, 6.45) is 3.95. The van der Waals surface area contributed by atoms with Gasteiger partial charge in [-0.05, 0) is 6.92 Å². The van der Waals surface area contributed by atoms with E-state index >= 15 is 0 Å². The SMILES string of the molecule is CCc1noc(C(=O)N[C@H](C)c2ncc[nH]2)n1. The Hall–Kier alpha value is -2.18. The summed E-state index contributed by atoms with van der Waals surface area (Å²) in [7, 11) is 0. The van der Waals surface area contributed by atoms with Crippen LogP contribution in [0.25, 0.3) is 0 Å². The van der Waals surface area contributed by atoms with Crippen LogP contribution in [-0.4, -0.2) is 26.0 Å². The number of carbonyl (C=O) groups is 1. The van der Waals surface area contributed by atoms with Gasteiger partial charge in [0.2, 0.25) is 0 Å². The lowest BCUT2D eigenvalue weighted by Crippen LogP contribution is -2.27. The molecule has 0 aliphatic rings. The standard InChI is InChI=1S/C10H13N5O2/c1-3-7-14-10(17-15-7)9(16)13-6(2)8-11-4-5-12-8/h4-6H,3H2,1-2H3,(H,11,12)(H,13,16)/t6-/m1/s1. The Balaban J connectivity index is 2.01. The van der Waals surface area contributed by atoms with Crippen LogP contribution in [-0.2, 0) is 6.42 Å². The van der Waals surface area contributed by atoms with Crippen LogP contribution in [0.2, 0.25) is 0 Å². The number of H-pyrrole nitrogens is 1. The molecule has 1 amide bonds. The van der Waals surface area contributed by atoms with Gasteiger partial charge in [0.15, 0.2) is 5.82 Å². The number of rotatable bonds is 4. The number of hydrogen-bond acceptors (Lipinski definition) is 5. The first-order chi connectivity index (χ1) is 8.20. The van der Waals surface area contributed by atoms with Gasteiger partial charge in [0.25, 0.3) is 0 Å². The smallest absolute Gasteiger partial charge is 0.315 e. The highest BCUT2D eigenvalue weighted by molar-refractivity contribution is 5.89. The summed E-state index contributed by atoms with van der Waals surface area (Å²) in [5.41, 5.74) is 0. The summed E-state index contributed by atoms with van der Waals surface area (Å²) in [4.78, 5) is 22.6. The number of aromatic nitrogens is 4. The van der Waals surface area contributed by atoms with Crippen molar-refractivity contribution in [3.63, 3.8) is 0 Å². The van der Waals surface area contributed by atoms with Gasteiger partial charge in [-0.3, -0.25) is 4.79 Å². The third-order valence-corrected chi connectivity index (χ3v) is 2.26. The Bertz CT molecular complexity index is 491. The van der Waals surface area contributed by atoms with Crippen LogP contribution in [0, 0.1) is 0 Å². The molecular weight excluding hydrogens is 222 g/mol. The molecule has 0 aliphatic heterocycles.